The van der Waals surface area contributed by atoms with Gasteiger partial charge in [0.15, 0.2) is 11.5 Å². The van der Waals surface area contributed by atoms with Crippen LogP contribution in [0.4, 0.5) is 0 Å². The van der Waals surface area contributed by atoms with Crippen molar-refractivity contribution in [2.24, 2.45) is 0 Å². The minimum absolute atomic E-state index is 0.303. The summed E-state index contributed by atoms with van der Waals surface area (Å²) in [6.07, 6.45) is 0. The van der Waals surface area contributed by atoms with Crippen LogP contribution in [-0.2, 0) is 6.61 Å². The Hall–Kier alpha value is -3.92. The van der Waals surface area contributed by atoms with Crippen LogP contribution < -0.4 is 14.0 Å². The predicted octanol–water partition coefficient (Wildman–Crippen LogP) is 8.24. The van der Waals surface area contributed by atoms with Gasteiger partial charge in [-0.3, -0.25) is 4.52 Å². The molecule has 5 aromatic carbocycles. The van der Waals surface area contributed by atoms with E-state index >= 15 is 0 Å². The van der Waals surface area contributed by atoms with Crippen LogP contribution in [0.5, 0.6) is 11.5 Å². The van der Waals surface area contributed by atoms with Gasteiger partial charge in [-0.2, -0.15) is 0 Å². The molecule has 1 heterocycles. The fraction of sp³-hybridized carbons (Fsp3) is 0.103. The average molecular weight is 482 g/mol. The molecule has 0 amide bonds. The van der Waals surface area contributed by atoms with Gasteiger partial charge in [0.2, 0.25) is 0 Å². The Balaban J connectivity index is 1.57. The van der Waals surface area contributed by atoms with Crippen molar-refractivity contribution in [3.63, 3.8) is 0 Å². The summed E-state index contributed by atoms with van der Waals surface area (Å²) in [7, 11) is 1.53. The fourth-order valence-corrected chi connectivity index (χ4v) is 5.52. The topological polar surface area (TPSA) is 54.0 Å². The molecular formula is C29H23O5P. The summed E-state index contributed by atoms with van der Waals surface area (Å²) in [4.78, 5) is 0. The van der Waals surface area contributed by atoms with E-state index in [1.54, 1.807) is 14.2 Å². The van der Waals surface area contributed by atoms with E-state index in [0.717, 1.165) is 49.0 Å². The van der Waals surface area contributed by atoms with Gasteiger partial charge in [-0.25, -0.2) is 0 Å². The molecule has 0 N–H and O–H groups in total. The van der Waals surface area contributed by atoms with Crippen LogP contribution in [0, 0.1) is 0 Å². The molecule has 0 unspecified atom stereocenters. The van der Waals surface area contributed by atoms with Gasteiger partial charge in [0, 0.05) is 10.8 Å². The van der Waals surface area contributed by atoms with Crippen molar-refractivity contribution in [3.8, 4) is 11.5 Å². The molecule has 0 radical (unpaired) electrons. The van der Waals surface area contributed by atoms with E-state index in [1.165, 1.54) is 0 Å². The third-order valence-electron chi connectivity index (χ3n) is 6.16. The lowest BCUT2D eigenvalue weighted by molar-refractivity contribution is 0.347. The van der Waals surface area contributed by atoms with Crippen molar-refractivity contribution < 1.29 is 22.4 Å². The van der Waals surface area contributed by atoms with Crippen molar-refractivity contribution in [3.05, 3.63) is 96.6 Å². The van der Waals surface area contributed by atoms with Crippen molar-refractivity contribution in [2.45, 2.75) is 6.61 Å². The number of rotatable bonds is 5. The third-order valence-corrected chi connectivity index (χ3v) is 7.19. The maximum Gasteiger partial charge on any atom is 0.387 e. The Kier molecular flexibility index (Phi) is 5.57. The molecular weight excluding hydrogens is 459 g/mol. The molecule has 0 fully saturated rings. The highest BCUT2D eigenvalue weighted by molar-refractivity contribution is 7.31. The van der Waals surface area contributed by atoms with Crippen LogP contribution in [0.3, 0.4) is 0 Å². The van der Waals surface area contributed by atoms with Crippen LogP contribution in [-0.4, -0.2) is 14.2 Å². The highest BCUT2D eigenvalue weighted by Crippen LogP contribution is 2.40. The van der Waals surface area contributed by atoms with Gasteiger partial charge in [-0.05, 0) is 51.4 Å². The Morgan fingerprint density at radius 3 is 1.77 bits per heavy atom. The lowest BCUT2D eigenvalue weighted by Gasteiger charge is -2.09. The average Bonchev–Trinajstić information content (AvgIpc) is 3.08. The number of fused-ring (bicyclic) bond motifs is 7. The molecule has 6 heteroatoms. The van der Waals surface area contributed by atoms with Crippen LogP contribution in [0.1, 0.15) is 5.56 Å². The van der Waals surface area contributed by atoms with Crippen molar-refractivity contribution in [1.82, 2.24) is 0 Å². The number of ether oxygens (including phenoxy) is 2. The van der Waals surface area contributed by atoms with Crippen LogP contribution in [0.15, 0.2) is 99.4 Å². The fourth-order valence-electron chi connectivity index (χ4n) is 4.50. The van der Waals surface area contributed by atoms with Crippen molar-refractivity contribution in [1.29, 1.82) is 0 Å². The van der Waals surface area contributed by atoms with E-state index in [-0.39, 0.29) is 0 Å². The quantitative estimate of drug-likeness (QED) is 0.248. The first-order chi connectivity index (χ1) is 17.2. The van der Waals surface area contributed by atoms with Crippen LogP contribution >= 0.6 is 8.24 Å². The van der Waals surface area contributed by atoms with Gasteiger partial charge in [0.25, 0.3) is 0 Å². The maximum absolute atomic E-state index is 6.38. The summed E-state index contributed by atoms with van der Waals surface area (Å²) in [6.45, 7) is 0.303. The number of hydrogen-bond acceptors (Lipinski definition) is 5. The van der Waals surface area contributed by atoms with E-state index in [4.69, 9.17) is 22.4 Å². The van der Waals surface area contributed by atoms with E-state index < -0.39 is 8.24 Å². The Bertz CT molecular complexity index is 1640. The van der Waals surface area contributed by atoms with Gasteiger partial charge < -0.3 is 17.9 Å². The Morgan fingerprint density at radius 1 is 0.629 bits per heavy atom. The first-order valence-electron chi connectivity index (χ1n) is 11.3. The monoisotopic (exact) mass is 482 g/mol. The van der Waals surface area contributed by atoms with E-state index in [9.17, 15) is 0 Å². The van der Waals surface area contributed by atoms with Crippen molar-refractivity contribution in [2.75, 3.05) is 14.2 Å². The highest BCUT2D eigenvalue weighted by Gasteiger charge is 2.14. The Labute approximate surface area is 203 Å². The van der Waals surface area contributed by atoms with Gasteiger partial charge in [0.05, 0.1) is 20.8 Å². The SMILES string of the molecule is COc1ccc(COp2oc3ccc4ccccc4c3c3c(ccc4ccccc43)o2)cc1OC. The van der Waals surface area contributed by atoms with Crippen LogP contribution in [0.2, 0.25) is 0 Å². The minimum Gasteiger partial charge on any atom is -0.493 e. The zero-order valence-corrected chi connectivity index (χ0v) is 20.3. The molecule has 5 nitrogen and oxygen atoms in total. The molecule has 0 aliphatic rings. The number of benzene rings is 5. The molecule has 1 aromatic heterocycles. The zero-order valence-electron chi connectivity index (χ0n) is 19.4. The summed E-state index contributed by atoms with van der Waals surface area (Å²) in [5.41, 5.74) is 2.42. The standard InChI is InChI=1S/C29H23O5P/c1-30-24-14-11-19(17-27(24)31-2)18-32-35-33-25-15-12-20-7-3-5-9-22(20)28(25)29-23-10-6-4-8-21(23)13-16-26(29)34-35/h3-17H,18H2,1-2H3. The molecule has 35 heavy (non-hydrogen) atoms. The summed E-state index contributed by atoms with van der Waals surface area (Å²) in [5, 5.41) is 6.56. The number of hydrogen-bond donors (Lipinski definition) is 0. The maximum atomic E-state index is 6.38. The van der Waals surface area contributed by atoms with Gasteiger partial charge in [0.1, 0.15) is 11.2 Å². The predicted molar refractivity (Wildman–Crippen MR) is 141 cm³/mol. The highest BCUT2D eigenvalue weighted by atomic mass is 31.1. The molecule has 6 aromatic rings. The summed E-state index contributed by atoms with van der Waals surface area (Å²) in [6, 6.07) is 30.5. The first-order valence-corrected chi connectivity index (χ1v) is 12.4. The smallest absolute Gasteiger partial charge is 0.387 e. The Morgan fingerprint density at radius 2 is 1.20 bits per heavy atom. The lowest BCUT2D eigenvalue weighted by Crippen LogP contribution is -1.95. The van der Waals surface area contributed by atoms with E-state index in [1.807, 2.05) is 42.5 Å². The summed E-state index contributed by atoms with van der Waals surface area (Å²) >= 11 is 0. The molecule has 0 saturated heterocycles. The molecule has 6 rings (SSSR count). The normalized spacial score (nSPS) is 11.4. The molecule has 0 atom stereocenters. The third kappa shape index (κ3) is 3.89. The first kappa shape index (κ1) is 21.6. The van der Waals surface area contributed by atoms with Gasteiger partial charge in [-0.1, -0.05) is 66.7 Å². The number of methoxy groups -OCH3 is 2. The molecule has 174 valence electrons. The second-order valence-corrected chi connectivity index (χ2v) is 9.26. The van der Waals surface area contributed by atoms with E-state index in [0.29, 0.717) is 18.1 Å². The molecule has 0 aliphatic heterocycles. The summed E-state index contributed by atoms with van der Waals surface area (Å²) < 4.78 is 29.7. The zero-order chi connectivity index (χ0) is 23.8. The van der Waals surface area contributed by atoms with Gasteiger partial charge in [-0.15, -0.1) is 0 Å². The minimum atomic E-state index is -1.70. The second kappa shape index (κ2) is 9.03. The van der Waals surface area contributed by atoms with Gasteiger partial charge >= 0.3 is 8.24 Å². The van der Waals surface area contributed by atoms with Crippen molar-refractivity contribution >= 4 is 51.7 Å². The molecule has 0 bridgehead atoms. The van der Waals surface area contributed by atoms with Crippen LogP contribution in [0.25, 0.3) is 43.5 Å². The second-order valence-electron chi connectivity index (χ2n) is 8.19. The molecule has 0 aliphatic carbocycles. The lowest BCUT2D eigenvalue weighted by atomic mass is 9.99. The molecule has 0 spiro atoms. The van der Waals surface area contributed by atoms with E-state index in [2.05, 4.69) is 48.5 Å². The molecule has 0 saturated carbocycles. The largest absolute Gasteiger partial charge is 0.493 e. The summed E-state index contributed by atoms with van der Waals surface area (Å²) in [5.74, 6) is 1.32.